The molecule has 0 spiro atoms. The summed E-state index contributed by atoms with van der Waals surface area (Å²) >= 11 is 0. The molecule has 2 aliphatic heterocycles. The van der Waals surface area contributed by atoms with E-state index in [1.54, 1.807) is 0 Å². The van der Waals surface area contributed by atoms with Crippen molar-refractivity contribution in [3.8, 4) is 0 Å². The third-order valence-corrected chi connectivity index (χ3v) is 16.5. The lowest BCUT2D eigenvalue weighted by molar-refractivity contribution is -0.128. The lowest BCUT2D eigenvalue weighted by Crippen LogP contribution is -2.55. The molecule has 2 heterocycles. The third-order valence-electron chi connectivity index (χ3n) is 6.08. The smallest absolute Gasteiger partial charge is 0.223 e. The van der Waals surface area contributed by atoms with E-state index >= 15 is 0 Å². The van der Waals surface area contributed by atoms with Gasteiger partial charge in [0, 0.05) is 19.5 Å². The van der Waals surface area contributed by atoms with Crippen LogP contribution in [0.5, 0.6) is 0 Å². The maximum absolute atomic E-state index is 12.4. The van der Waals surface area contributed by atoms with E-state index in [9.17, 15) is 4.79 Å². The van der Waals surface area contributed by atoms with Crippen LogP contribution in [0.4, 0.5) is 0 Å². The maximum atomic E-state index is 12.4. The number of nitrogens with zero attached hydrogens (tertiary/aromatic N) is 2. The summed E-state index contributed by atoms with van der Waals surface area (Å²) in [6, 6.07) is 13.3. The van der Waals surface area contributed by atoms with Gasteiger partial charge in [0.2, 0.25) is 5.91 Å². The van der Waals surface area contributed by atoms with Gasteiger partial charge in [0.1, 0.15) is 16.5 Å². The van der Waals surface area contributed by atoms with E-state index in [4.69, 9.17) is 0 Å². The SMILES string of the molecule is C[Si]1(C)CC[Si](C)(C)N1CCC1CC(=O)N(Cc2ccccc2)C1. The number of rotatable bonds is 5. The summed E-state index contributed by atoms with van der Waals surface area (Å²) in [5.41, 5.74) is 1.24. The van der Waals surface area contributed by atoms with E-state index in [1.165, 1.54) is 30.6 Å². The molecule has 1 aromatic carbocycles. The molecule has 0 saturated carbocycles. The number of likely N-dealkylation sites (tertiary alicyclic amines) is 1. The van der Waals surface area contributed by atoms with Crippen LogP contribution in [0.25, 0.3) is 0 Å². The van der Waals surface area contributed by atoms with Crippen molar-refractivity contribution < 1.29 is 4.79 Å². The van der Waals surface area contributed by atoms with Crippen molar-refractivity contribution in [1.82, 2.24) is 9.13 Å². The van der Waals surface area contributed by atoms with Crippen molar-refractivity contribution in [3.05, 3.63) is 35.9 Å². The second-order valence-electron chi connectivity index (χ2n) is 8.90. The van der Waals surface area contributed by atoms with Crippen LogP contribution in [0, 0.1) is 5.92 Å². The van der Waals surface area contributed by atoms with Crippen LogP contribution in [-0.4, -0.2) is 44.6 Å². The van der Waals surface area contributed by atoms with Gasteiger partial charge in [-0.1, -0.05) is 56.5 Å². The van der Waals surface area contributed by atoms with Crippen LogP contribution in [0.15, 0.2) is 30.3 Å². The molecule has 3 rings (SSSR count). The summed E-state index contributed by atoms with van der Waals surface area (Å²) in [5.74, 6) is 0.898. The van der Waals surface area contributed by atoms with Gasteiger partial charge in [-0.25, -0.2) is 0 Å². The molecular formula is C19H32N2OSi2. The summed E-state index contributed by atoms with van der Waals surface area (Å²) < 4.78 is 2.95. The van der Waals surface area contributed by atoms with E-state index in [0.29, 0.717) is 11.8 Å². The minimum atomic E-state index is -1.18. The van der Waals surface area contributed by atoms with E-state index < -0.39 is 16.5 Å². The molecule has 1 atom stereocenters. The summed E-state index contributed by atoms with van der Waals surface area (Å²) in [6.07, 6.45) is 1.95. The number of hydrogen-bond acceptors (Lipinski definition) is 2. The monoisotopic (exact) mass is 360 g/mol. The molecule has 3 nitrogen and oxygen atoms in total. The van der Waals surface area contributed by atoms with E-state index in [0.717, 1.165) is 19.5 Å². The van der Waals surface area contributed by atoms with E-state index in [2.05, 4.69) is 59.6 Å². The van der Waals surface area contributed by atoms with Gasteiger partial charge in [0.25, 0.3) is 0 Å². The standard InChI is InChI=1S/C19H32N2OSi2/c1-23(2)12-13-24(3,4)21(23)11-10-18-14-19(22)20(16-18)15-17-8-6-5-7-9-17/h5-9,18H,10-16H2,1-4H3. The van der Waals surface area contributed by atoms with Gasteiger partial charge in [-0.2, -0.15) is 0 Å². The molecule has 5 heteroatoms. The largest absolute Gasteiger partial charge is 0.345 e. The Morgan fingerprint density at radius 2 is 1.67 bits per heavy atom. The van der Waals surface area contributed by atoms with Crippen LogP contribution >= 0.6 is 0 Å². The van der Waals surface area contributed by atoms with Crippen LogP contribution in [0.1, 0.15) is 18.4 Å². The second kappa shape index (κ2) is 6.77. The second-order valence-corrected chi connectivity index (χ2v) is 18.7. The van der Waals surface area contributed by atoms with Gasteiger partial charge in [-0.05, 0) is 36.5 Å². The van der Waals surface area contributed by atoms with Gasteiger partial charge < -0.3 is 9.13 Å². The van der Waals surface area contributed by atoms with Gasteiger partial charge in [0.15, 0.2) is 0 Å². The first-order valence-electron chi connectivity index (χ1n) is 9.37. The molecule has 0 aromatic heterocycles. The fourth-order valence-electron chi connectivity index (χ4n) is 4.62. The molecule has 2 saturated heterocycles. The molecule has 24 heavy (non-hydrogen) atoms. The lowest BCUT2D eigenvalue weighted by atomic mass is 10.1. The zero-order valence-corrected chi connectivity index (χ0v) is 17.7. The Hall–Kier alpha value is -0.916. The van der Waals surface area contributed by atoms with Gasteiger partial charge in [-0.3, -0.25) is 4.79 Å². The van der Waals surface area contributed by atoms with Crippen LogP contribution in [-0.2, 0) is 11.3 Å². The van der Waals surface area contributed by atoms with Crippen LogP contribution in [0.3, 0.4) is 0 Å². The minimum Gasteiger partial charge on any atom is -0.345 e. The summed E-state index contributed by atoms with van der Waals surface area (Å²) in [6.45, 7) is 13.1. The lowest BCUT2D eigenvalue weighted by Gasteiger charge is -2.39. The molecule has 1 unspecified atom stereocenters. The third kappa shape index (κ3) is 3.84. The number of amides is 1. The first-order chi connectivity index (χ1) is 11.3. The van der Waals surface area contributed by atoms with Crippen LogP contribution in [0.2, 0.25) is 38.3 Å². The Bertz CT molecular complexity index is 572. The van der Waals surface area contributed by atoms with E-state index in [1.807, 2.05) is 6.07 Å². The van der Waals surface area contributed by atoms with Gasteiger partial charge in [-0.15, -0.1) is 0 Å². The summed E-state index contributed by atoms with van der Waals surface area (Å²) in [5, 5.41) is 0. The first-order valence-corrected chi connectivity index (χ1v) is 15.7. The first kappa shape index (κ1) is 17.9. The number of carbonyl (C=O) groups is 1. The Balaban J connectivity index is 1.55. The van der Waals surface area contributed by atoms with Crippen molar-refractivity contribution in [1.29, 1.82) is 0 Å². The Labute approximate surface area is 149 Å². The van der Waals surface area contributed by atoms with Crippen molar-refractivity contribution in [2.45, 2.75) is 57.7 Å². The molecule has 0 N–H and O–H groups in total. The molecule has 0 radical (unpaired) electrons. The molecule has 0 aliphatic carbocycles. The molecule has 0 bridgehead atoms. The molecule has 1 aromatic rings. The van der Waals surface area contributed by atoms with Crippen molar-refractivity contribution in [2.24, 2.45) is 5.92 Å². The van der Waals surface area contributed by atoms with Gasteiger partial charge >= 0.3 is 0 Å². The highest BCUT2D eigenvalue weighted by Crippen LogP contribution is 2.37. The average molecular weight is 361 g/mol. The molecule has 1 amide bonds. The number of benzene rings is 1. The Morgan fingerprint density at radius 1 is 1.04 bits per heavy atom. The predicted octanol–water partition coefficient (Wildman–Crippen LogP) is 4.15. The Kier molecular flexibility index (Phi) is 5.05. The zero-order chi connectivity index (χ0) is 17.4. The van der Waals surface area contributed by atoms with Crippen molar-refractivity contribution in [2.75, 3.05) is 13.1 Å². The summed E-state index contributed by atoms with van der Waals surface area (Å²) in [7, 11) is -2.35. The van der Waals surface area contributed by atoms with Crippen molar-refractivity contribution in [3.63, 3.8) is 0 Å². The molecule has 2 aliphatic rings. The fraction of sp³-hybridized carbons (Fsp3) is 0.632. The highest BCUT2D eigenvalue weighted by atomic mass is 28.4. The quantitative estimate of drug-likeness (QED) is 0.736. The normalized spacial score (nSPS) is 26.2. The predicted molar refractivity (Wildman–Crippen MR) is 106 cm³/mol. The summed E-state index contributed by atoms with van der Waals surface area (Å²) in [4.78, 5) is 14.4. The average Bonchev–Trinajstić information content (AvgIpc) is 2.96. The molecule has 132 valence electrons. The topological polar surface area (TPSA) is 23.6 Å². The number of carbonyl (C=O) groups excluding carboxylic acids is 1. The number of hydrogen-bond donors (Lipinski definition) is 0. The zero-order valence-electron chi connectivity index (χ0n) is 15.7. The molecule has 2 fully saturated rings. The van der Waals surface area contributed by atoms with Gasteiger partial charge in [0.05, 0.1) is 0 Å². The van der Waals surface area contributed by atoms with Crippen molar-refractivity contribution >= 4 is 22.4 Å². The Morgan fingerprint density at radius 3 is 2.29 bits per heavy atom. The highest BCUT2D eigenvalue weighted by molar-refractivity contribution is 6.95. The van der Waals surface area contributed by atoms with Crippen LogP contribution < -0.4 is 0 Å². The fourth-order valence-corrected chi connectivity index (χ4v) is 18.8. The van der Waals surface area contributed by atoms with E-state index in [-0.39, 0.29) is 0 Å². The highest BCUT2D eigenvalue weighted by Gasteiger charge is 2.47. The minimum absolute atomic E-state index is 0.346. The molecular weight excluding hydrogens is 328 g/mol. The maximum Gasteiger partial charge on any atom is 0.223 e.